The van der Waals surface area contributed by atoms with E-state index in [4.69, 9.17) is 21.1 Å². The first kappa shape index (κ1) is 13.3. The molecule has 1 aromatic carbocycles. The first-order chi connectivity index (χ1) is 8.97. The zero-order valence-corrected chi connectivity index (χ0v) is 12.5. The summed E-state index contributed by atoms with van der Waals surface area (Å²) in [5.74, 6) is 0.998. The average Bonchev–Trinajstić information content (AvgIpc) is 2.93. The van der Waals surface area contributed by atoms with Crippen molar-refractivity contribution in [2.45, 2.75) is 56.6 Å². The fourth-order valence-electron chi connectivity index (χ4n) is 2.97. The molecule has 2 heterocycles. The molecule has 0 spiro atoms. The summed E-state index contributed by atoms with van der Waals surface area (Å²) in [6, 6.07) is 6.32. The molecule has 0 aromatic heterocycles. The van der Waals surface area contributed by atoms with E-state index >= 15 is 0 Å². The van der Waals surface area contributed by atoms with Gasteiger partial charge >= 0.3 is 0 Å². The highest BCUT2D eigenvalue weighted by Crippen LogP contribution is 2.42. The molecule has 19 heavy (non-hydrogen) atoms. The molecule has 2 aliphatic rings. The van der Waals surface area contributed by atoms with Crippen molar-refractivity contribution >= 4 is 11.6 Å². The van der Waals surface area contributed by atoms with Gasteiger partial charge in [-0.05, 0) is 37.5 Å². The summed E-state index contributed by atoms with van der Waals surface area (Å²) >= 11 is 6.61. The van der Waals surface area contributed by atoms with Gasteiger partial charge in [0.1, 0.15) is 5.75 Å². The van der Waals surface area contributed by atoms with E-state index in [1.54, 1.807) is 0 Å². The standard InChI is InChI=1S/C16H21ClO2/c1-10-4-6-14(19-10)15(17)11-5-7-13-12(8-11)16(2,3)9-18-13/h5,7-8,10,14-15H,4,6,9H2,1-3H3. The monoisotopic (exact) mass is 280 g/mol. The van der Waals surface area contributed by atoms with Gasteiger partial charge < -0.3 is 9.47 Å². The maximum atomic E-state index is 6.61. The third kappa shape index (κ3) is 2.36. The summed E-state index contributed by atoms with van der Waals surface area (Å²) in [4.78, 5) is 0. The normalized spacial score (nSPS) is 29.9. The Morgan fingerprint density at radius 3 is 2.79 bits per heavy atom. The lowest BCUT2D eigenvalue weighted by Gasteiger charge is -2.20. The molecule has 1 saturated heterocycles. The zero-order valence-electron chi connectivity index (χ0n) is 11.8. The lowest BCUT2D eigenvalue weighted by molar-refractivity contribution is 0.0533. The van der Waals surface area contributed by atoms with E-state index in [9.17, 15) is 0 Å². The molecule has 3 unspecified atom stereocenters. The van der Waals surface area contributed by atoms with Crippen molar-refractivity contribution in [1.29, 1.82) is 0 Å². The van der Waals surface area contributed by atoms with Crippen molar-refractivity contribution in [3.63, 3.8) is 0 Å². The van der Waals surface area contributed by atoms with Gasteiger partial charge in [0.25, 0.3) is 0 Å². The molecule has 1 fully saturated rings. The van der Waals surface area contributed by atoms with Crippen molar-refractivity contribution in [1.82, 2.24) is 0 Å². The molecular formula is C16H21ClO2. The Morgan fingerprint density at radius 2 is 2.11 bits per heavy atom. The van der Waals surface area contributed by atoms with Crippen LogP contribution < -0.4 is 4.74 Å². The maximum Gasteiger partial charge on any atom is 0.123 e. The lowest BCUT2D eigenvalue weighted by Crippen LogP contribution is -2.19. The summed E-state index contributed by atoms with van der Waals surface area (Å²) in [5, 5.41) is -0.0633. The lowest BCUT2D eigenvalue weighted by atomic mass is 9.85. The topological polar surface area (TPSA) is 18.5 Å². The SMILES string of the molecule is CC1CCC(C(Cl)c2ccc3c(c2)C(C)(C)CO3)O1. The molecule has 0 amide bonds. The van der Waals surface area contributed by atoms with Crippen LogP contribution in [-0.4, -0.2) is 18.8 Å². The van der Waals surface area contributed by atoms with Crippen LogP contribution in [0, 0.1) is 0 Å². The molecule has 0 aliphatic carbocycles. The third-order valence-electron chi connectivity index (χ3n) is 4.23. The molecular weight excluding hydrogens is 260 g/mol. The van der Waals surface area contributed by atoms with Crippen LogP contribution in [-0.2, 0) is 10.2 Å². The van der Waals surface area contributed by atoms with Crippen LogP contribution in [0.5, 0.6) is 5.75 Å². The van der Waals surface area contributed by atoms with Crippen LogP contribution in [0.15, 0.2) is 18.2 Å². The second-order valence-corrected chi connectivity index (χ2v) is 6.86. The van der Waals surface area contributed by atoms with Crippen molar-refractivity contribution in [3.8, 4) is 5.75 Å². The highest BCUT2D eigenvalue weighted by atomic mass is 35.5. The Kier molecular flexibility index (Phi) is 3.26. The number of halogens is 1. The van der Waals surface area contributed by atoms with Crippen molar-refractivity contribution in [3.05, 3.63) is 29.3 Å². The van der Waals surface area contributed by atoms with E-state index in [2.05, 4.69) is 32.9 Å². The Bertz CT molecular complexity index is 484. The van der Waals surface area contributed by atoms with Gasteiger partial charge in [-0.15, -0.1) is 11.6 Å². The number of hydrogen-bond acceptors (Lipinski definition) is 2. The van der Waals surface area contributed by atoms with Crippen LogP contribution in [0.1, 0.15) is 50.1 Å². The Labute approximate surface area is 120 Å². The number of hydrogen-bond donors (Lipinski definition) is 0. The molecule has 3 atom stereocenters. The Hall–Kier alpha value is -0.730. The van der Waals surface area contributed by atoms with Gasteiger partial charge in [-0.2, -0.15) is 0 Å². The fraction of sp³-hybridized carbons (Fsp3) is 0.625. The van der Waals surface area contributed by atoms with Gasteiger partial charge in [0.15, 0.2) is 0 Å². The molecule has 2 aliphatic heterocycles. The highest BCUT2D eigenvalue weighted by molar-refractivity contribution is 6.21. The van der Waals surface area contributed by atoms with Crippen molar-refractivity contribution in [2.75, 3.05) is 6.61 Å². The van der Waals surface area contributed by atoms with Crippen LogP contribution >= 0.6 is 11.6 Å². The second-order valence-electron chi connectivity index (χ2n) is 6.39. The summed E-state index contributed by atoms with van der Waals surface area (Å²) < 4.78 is 11.6. The van der Waals surface area contributed by atoms with Crippen LogP contribution in [0.4, 0.5) is 0 Å². The molecule has 3 rings (SSSR count). The maximum absolute atomic E-state index is 6.61. The first-order valence-electron chi connectivity index (χ1n) is 7.04. The molecule has 0 saturated carbocycles. The van der Waals surface area contributed by atoms with Crippen LogP contribution in [0.2, 0.25) is 0 Å². The minimum absolute atomic E-state index is 0.0633. The van der Waals surface area contributed by atoms with Crippen molar-refractivity contribution in [2.24, 2.45) is 0 Å². The molecule has 1 aromatic rings. The fourth-order valence-corrected chi connectivity index (χ4v) is 3.29. The number of alkyl halides is 1. The summed E-state index contributed by atoms with van der Waals surface area (Å²) in [5.41, 5.74) is 2.49. The van der Waals surface area contributed by atoms with Crippen LogP contribution in [0.3, 0.4) is 0 Å². The predicted octanol–water partition coefficient (Wildman–Crippen LogP) is 4.20. The first-order valence-corrected chi connectivity index (χ1v) is 7.48. The van der Waals surface area contributed by atoms with Gasteiger partial charge in [0, 0.05) is 11.0 Å². The van der Waals surface area contributed by atoms with Gasteiger partial charge in [-0.3, -0.25) is 0 Å². The minimum Gasteiger partial charge on any atom is -0.492 e. The smallest absolute Gasteiger partial charge is 0.123 e. The van der Waals surface area contributed by atoms with Gasteiger partial charge in [-0.25, -0.2) is 0 Å². The van der Waals surface area contributed by atoms with Gasteiger partial charge in [-0.1, -0.05) is 19.9 Å². The third-order valence-corrected chi connectivity index (χ3v) is 4.76. The van der Waals surface area contributed by atoms with E-state index in [1.807, 2.05) is 6.07 Å². The van der Waals surface area contributed by atoms with Gasteiger partial charge in [0.05, 0.1) is 24.2 Å². The Balaban J connectivity index is 1.86. The second kappa shape index (κ2) is 4.68. The van der Waals surface area contributed by atoms with Crippen LogP contribution in [0.25, 0.3) is 0 Å². The summed E-state index contributed by atoms with van der Waals surface area (Å²) in [6.07, 6.45) is 2.63. The van der Waals surface area contributed by atoms with Gasteiger partial charge in [0.2, 0.25) is 0 Å². The number of ether oxygens (including phenoxy) is 2. The van der Waals surface area contributed by atoms with E-state index in [0.29, 0.717) is 6.10 Å². The molecule has 2 nitrogen and oxygen atoms in total. The van der Waals surface area contributed by atoms with E-state index in [0.717, 1.165) is 30.8 Å². The number of rotatable bonds is 2. The minimum atomic E-state index is -0.0633. The van der Waals surface area contributed by atoms with E-state index in [-0.39, 0.29) is 16.9 Å². The molecule has 104 valence electrons. The number of benzene rings is 1. The predicted molar refractivity (Wildman–Crippen MR) is 77.1 cm³/mol. The zero-order chi connectivity index (χ0) is 13.6. The average molecular weight is 281 g/mol. The molecule has 0 N–H and O–H groups in total. The quantitative estimate of drug-likeness (QED) is 0.756. The highest BCUT2D eigenvalue weighted by Gasteiger charge is 2.34. The van der Waals surface area contributed by atoms with E-state index < -0.39 is 0 Å². The van der Waals surface area contributed by atoms with E-state index in [1.165, 1.54) is 5.56 Å². The largest absolute Gasteiger partial charge is 0.492 e. The molecule has 0 radical (unpaired) electrons. The Morgan fingerprint density at radius 1 is 1.32 bits per heavy atom. The summed E-state index contributed by atoms with van der Waals surface area (Å²) in [7, 11) is 0. The summed E-state index contributed by atoms with van der Waals surface area (Å²) in [6.45, 7) is 7.28. The molecule has 3 heteroatoms. The number of fused-ring (bicyclic) bond motifs is 1. The van der Waals surface area contributed by atoms with Crippen molar-refractivity contribution < 1.29 is 9.47 Å². The molecule has 0 bridgehead atoms.